The molecule has 0 radical (unpaired) electrons. The number of ether oxygens (including phenoxy) is 1. The molecule has 0 aliphatic heterocycles. The van der Waals surface area contributed by atoms with E-state index in [-0.39, 0.29) is 17.3 Å². The fourth-order valence-corrected chi connectivity index (χ4v) is 4.80. The molecule has 3 aromatic carbocycles. The first-order chi connectivity index (χ1) is 17.0. The molecule has 0 atom stereocenters. The van der Waals surface area contributed by atoms with Crippen LogP contribution in [0.25, 0.3) is 16.6 Å². The predicted molar refractivity (Wildman–Crippen MR) is 137 cm³/mol. The molecule has 0 aliphatic rings. The summed E-state index contributed by atoms with van der Waals surface area (Å²) >= 11 is 1.26. The third kappa shape index (κ3) is 5.07. The number of carbonyl (C=O) groups excluding carboxylic acids is 1. The Morgan fingerprint density at radius 1 is 1.06 bits per heavy atom. The molecular weight excluding hydrogens is 465 g/mol. The summed E-state index contributed by atoms with van der Waals surface area (Å²) in [5.74, 6) is 0.527. The minimum atomic E-state index is -0.314. The van der Waals surface area contributed by atoms with E-state index in [0.717, 1.165) is 0 Å². The number of halogens is 1. The Balaban J connectivity index is 1.84. The maximum atomic E-state index is 14.3. The number of thioether (sulfide) groups is 1. The Labute approximate surface area is 207 Å². The number of hydrogen-bond acceptors (Lipinski definition) is 5. The molecule has 0 spiro atoms. The molecule has 180 valence electrons. The van der Waals surface area contributed by atoms with Crippen molar-refractivity contribution in [2.75, 3.05) is 20.2 Å². The summed E-state index contributed by atoms with van der Waals surface area (Å²) in [6.45, 7) is 5.02. The molecule has 0 aliphatic carbocycles. The molecule has 35 heavy (non-hydrogen) atoms. The minimum Gasteiger partial charge on any atom is -0.497 e. The van der Waals surface area contributed by atoms with Crippen LogP contribution in [0.3, 0.4) is 0 Å². The number of amides is 1. The van der Waals surface area contributed by atoms with Crippen molar-refractivity contribution in [3.63, 3.8) is 0 Å². The van der Waals surface area contributed by atoms with E-state index in [1.807, 2.05) is 13.8 Å². The number of hydrogen-bond donors (Lipinski definition) is 0. The maximum Gasteiger partial charge on any atom is 0.266 e. The lowest BCUT2D eigenvalue weighted by Gasteiger charge is -2.19. The van der Waals surface area contributed by atoms with Gasteiger partial charge in [-0.05, 0) is 67.9 Å². The van der Waals surface area contributed by atoms with Crippen molar-refractivity contribution >= 4 is 28.6 Å². The van der Waals surface area contributed by atoms with Crippen LogP contribution in [0.15, 0.2) is 76.7 Å². The van der Waals surface area contributed by atoms with Gasteiger partial charge in [-0.3, -0.25) is 14.2 Å². The third-order valence-electron chi connectivity index (χ3n) is 5.78. The van der Waals surface area contributed by atoms with Crippen molar-refractivity contribution in [1.29, 1.82) is 0 Å². The van der Waals surface area contributed by atoms with E-state index >= 15 is 0 Å². The van der Waals surface area contributed by atoms with Crippen LogP contribution < -0.4 is 10.3 Å². The third-order valence-corrected chi connectivity index (χ3v) is 6.77. The number of benzene rings is 3. The smallest absolute Gasteiger partial charge is 0.266 e. The summed E-state index contributed by atoms with van der Waals surface area (Å²) in [7, 11) is 1.57. The van der Waals surface area contributed by atoms with Crippen molar-refractivity contribution in [2.24, 2.45) is 0 Å². The Bertz CT molecular complexity index is 1420. The Kier molecular flexibility index (Phi) is 7.51. The highest BCUT2D eigenvalue weighted by atomic mass is 32.2. The molecule has 0 unspecified atom stereocenters. The second kappa shape index (κ2) is 10.7. The van der Waals surface area contributed by atoms with Gasteiger partial charge in [0, 0.05) is 24.4 Å². The second-order valence-corrected chi connectivity index (χ2v) is 8.76. The van der Waals surface area contributed by atoms with E-state index in [4.69, 9.17) is 9.72 Å². The lowest BCUT2D eigenvalue weighted by Crippen LogP contribution is -2.30. The fraction of sp³-hybridized carbons (Fsp3) is 0.222. The van der Waals surface area contributed by atoms with Gasteiger partial charge in [-0.25, -0.2) is 9.37 Å². The van der Waals surface area contributed by atoms with Gasteiger partial charge in [0.1, 0.15) is 11.6 Å². The Morgan fingerprint density at radius 3 is 2.43 bits per heavy atom. The average molecular weight is 492 g/mol. The van der Waals surface area contributed by atoms with Crippen molar-refractivity contribution in [3.05, 3.63) is 94.0 Å². The number of aromatic nitrogens is 2. The van der Waals surface area contributed by atoms with E-state index < -0.39 is 0 Å². The highest BCUT2D eigenvalue weighted by molar-refractivity contribution is 7.98. The van der Waals surface area contributed by atoms with E-state index in [9.17, 15) is 14.0 Å². The number of rotatable bonds is 8. The molecule has 6 nitrogen and oxygen atoms in total. The molecule has 0 fully saturated rings. The normalized spacial score (nSPS) is 11.0. The summed E-state index contributed by atoms with van der Waals surface area (Å²) in [5, 5.41) is 0.801. The van der Waals surface area contributed by atoms with Gasteiger partial charge in [0.25, 0.3) is 11.5 Å². The van der Waals surface area contributed by atoms with Gasteiger partial charge < -0.3 is 9.64 Å². The Morgan fingerprint density at radius 2 is 1.77 bits per heavy atom. The molecule has 4 aromatic rings. The molecule has 1 amide bonds. The summed E-state index contributed by atoms with van der Waals surface area (Å²) in [6.07, 6.45) is 0. The topological polar surface area (TPSA) is 64.4 Å². The monoisotopic (exact) mass is 491 g/mol. The van der Waals surface area contributed by atoms with Crippen molar-refractivity contribution in [3.8, 4) is 11.4 Å². The van der Waals surface area contributed by atoms with Crippen molar-refractivity contribution in [1.82, 2.24) is 14.5 Å². The first kappa shape index (κ1) is 24.5. The van der Waals surface area contributed by atoms with Crippen LogP contribution in [0.5, 0.6) is 5.75 Å². The molecule has 1 heterocycles. The van der Waals surface area contributed by atoms with Gasteiger partial charge in [-0.2, -0.15) is 0 Å². The zero-order chi connectivity index (χ0) is 24.9. The van der Waals surface area contributed by atoms with Gasteiger partial charge in [0.05, 0.1) is 23.7 Å². The molecule has 1 aromatic heterocycles. The maximum absolute atomic E-state index is 14.3. The standard InChI is InChI=1S/C27H26FN3O3S/c1-4-30(5-2)25(32)18-10-15-22-24(16-18)29-27(35-17-19-8-6-7-9-23(19)28)31(26(22)33)20-11-13-21(34-3)14-12-20/h6-16H,4-5,17H2,1-3H3. The van der Waals surface area contributed by atoms with Gasteiger partial charge in [0.2, 0.25) is 0 Å². The summed E-state index contributed by atoms with van der Waals surface area (Å²) in [6, 6.07) is 18.6. The molecule has 0 saturated carbocycles. The lowest BCUT2D eigenvalue weighted by atomic mass is 10.1. The van der Waals surface area contributed by atoms with Gasteiger partial charge in [-0.1, -0.05) is 30.0 Å². The number of methoxy groups -OCH3 is 1. The number of fused-ring (bicyclic) bond motifs is 1. The summed E-state index contributed by atoms with van der Waals surface area (Å²) in [4.78, 5) is 33.0. The van der Waals surface area contributed by atoms with Crippen LogP contribution in [-0.2, 0) is 5.75 Å². The van der Waals surface area contributed by atoms with E-state index in [2.05, 4.69) is 0 Å². The average Bonchev–Trinajstić information content (AvgIpc) is 2.88. The zero-order valence-corrected chi connectivity index (χ0v) is 20.6. The molecule has 0 bridgehead atoms. The van der Waals surface area contributed by atoms with E-state index in [1.54, 1.807) is 72.7 Å². The van der Waals surface area contributed by atoms with Gasteiger partial charge in [-0.15, -0.1) is 0 Å². The van der Waals surface area contributed by atoms with E-state index in [0.29, 0.717) is 57.5 Å². The van der Waals surface area contributed by atoms with Crippen molar-refractivity contribution in [2.45, 2.75) is 24.8 Å². The predicted octanol–water partition coefficient (Wildman–Crippen LogP) is 5.31. The van der Waals surface area contributed by atoms with Crippen LogP contribution in [-0.4, -0.2) is 40.6 Å². The second-order valence-electron chi connectivity index (χ2n) is 7.82. The highest BCUT2D eigenvalue weighted by Crippen LogP contribution is 2.27. The van der Waals surface area contributed by atoms with Crippen molar-refractivity contribution < 1.29 is 13.9 Å². The SMILES string of the molecule is CCN(CC)C(=O)c1ccc2c(=O)n(-c3ccc(OC)cc3)c(SCc3ccccc3F)nc2c1. The van der Waals surface area contributed by atoms with Crippen LogP contribution in [0, 0.1) is 5.82 Å². The minimum absolute atomic E-state index is 0.112. The molecule has 0 saturated heterocycles. The summed E-state index contributed by atoms with van der Waals surface area (Å²) in [5.41, 5.74) is 1.76. The van der Waals surface area contributed by atoms with E-state index in [1.165, 1.54) is 22.4 Å². The first-order valence-corrected chi connectivity index (χ1v) is 12.3. The Hall–Kier alpha value is -3.65. The van der Waals surface area contributed by atoms with Gasteiger partial charge >= 0.3 is 0 Å². The van der Waals surface area contributed by atoms with Gasteiger partial charge in [0.15, 0.2) is 5.16 Å². The quantitative estimate of drug-likeness (QED) is 0.247. The molecule has 0 N–H and O–H groups in total. The van der Waals surface area contributed by atoms with Crippen LogP contribution in [0.4, 0.5) is 4.39 Å². The molecular formula is C27H26FN3O3S. The zero-order valence-electron chi connectivity index (χ0n) is 19.8. The number of carbonyl (C=O) groups is 1. The fourth-order valence-electron chi connectivity index (χ4n) is 3.81. The lowest BCUT2D eigenvalue weighted by molar-refractivity contribution is 0.0773. The molecule has 8 heteroatoms. The van der Waals surface area contributed by atoms with Crippen LogP contribution >= 0.6 is 11.8 Å². The highest BCUT2D eigenvalue weighted by Gasteiger charge is 2.18. The van der Waals surface area contributed by atoms with Crippen LogP contribution in [0.2, 0.25) is 0 Å². The number of nitrogens with zero attached hydrogens (tertiary/aromatic N) is 3. The molecule has 4 rings (SSSR count). The first-order valence-electron chi connectivity index (χ1n) is 11.3. The summed E-state index contributed by atoms with van der Waals surface area (Å²) < 4.78 is 21.0. The van der Waals surface area contributed by atoms with Crippen LogP contribution in [0.1, 0.15) is 29.8 Å². The largest absolute Gasteiger partial charge is 0.497 e.